The molecule has 0 amide bonds. The third-order valence-corrected chi connectivity index (χ3v) is 2.71. The average Bonchev–Trinajstić information content (AvgIpc) is 2.40. The van der Waals surface area contributed by atoms with Gasteiger partial charge in [0.25, 0.3) is 0 Å². The van der Waals surface area contributed by atoms with Gasteiger partial charge in [-0.3, -0.25) is 4.98 Å². The van der Waals surface area contributed by atoms with Crippen LogP contribution < -0.4 is 4.74 Å². The summed E-state index contributed by atoms with van der Waals surface area (Å²) in [7, 11) is 0. The third kappa shape index (κ3) is 3.07. The van der Waals surface area contributed by atoms with Crippen LogP contribution in [0, 0.1) is 12.7 Å². The van der Waals surface area contributed by atoms with Crippen molar-refractivity contribution in [3.63, 3.8) is 0 Å². The number of hydrogen-bond donors (Lipinski definition) is 1. The molecule has 2 aromatic rings. The minimum absolute atomic E-state index is 0.0315. The Morgan fingerprint density at radius 2 is 2.21 bits per heavy atom. The SMILES string of the molecule is Cc1ccc(F)cc1COc1cnccc1C(=O)O. The van der Waals surface area contributed by atoms with E-state index in [1.807, 2.05) is 6.92 Å². The van der Waals surface area contributed by atoms with Gasteiger partial charge in [0.1, 0.15) is 18.0 Å². The Labute approximate surface area is 109 Å². The Bertz CT molecular complexity index is 613. The maximum atomic E-state index is 13.1. The molecule has 2 rings (SSSR count). The topological polar surface area (TPSA) is 59.4 Å². The number of hydrogen-bond acceptors (Lipinski definition) is 3. The van der Waals surface area contributed by atoms with Crippen molar-refractivity contribution < 1.29 is 19.0 Å². The molecule has 1 heterocycles. The number of ether oxygens (including phenoxy) is 1. The second-order valence-electron chi connectivity index (χ2n) is 4.04. The van der Waals surface area contributed by atoms with E-state index in [-0.39, 0.29) is 23.7 Å². The van der Waals surface area contributed by atoms with Gasteiger partial charge >= 0.3 is 5.97 Å². The Morgan fingerprint density at radius 1 is 1.42 bits per heavy atom. The van der Waals surface area contributed by atoms with E-state index in [1.54, 1.807) is 6.07 Å². The highest BCUT2D eigenvalue weighted by atomic mass is 19.1. The molecule has 0 spiro atoms. The summed E-state index contributed by atoms with van der Waals surface area (Å²) in [6.45, 7) is 1.93. The van der Waals surface area contributed by atoms with E-state index in [2.05, 4.69) is 4.98 Å². The number of halogens is 1. The maximum absolute atomic E-state index is 13.1. The van der Waals surface area contributed by atoms with E-state index < -0.39 is 5.97 Å². The van der Waals surface area contributed by atoms with Gasteiger partial charge in [0.05, 0.1) is 6.20 Å². The van der Waals surface area contributed by atoms with Crippen LogP contribution in [-0.2, 0) is 6.61 Å². The van der Waals surface area contributed by atoms with E-state index in [9.17, 15) is 9.18 Å². The zero-order valence-electron chi connectivity index (χ0n) is 10.3. The molecular formula is C14H12FNO3. The second kappa shape index (κ2) is 5.48. The van der Waals surface area contributed by atoms with E-state index in [4.69, 9.17) is 9.84 Å². The lowest BCUT2D eigenvalue weighted by molar-refractivity contribution is 0.0691. The number of benzene rings is 1. The number of rotatable bonds is 4. The van der Waals surface area contributed by atoms with Gasteiger partial charge in [-0.05, 0) is 36.2 Å². The summed E-state index contributed by atoms with van der Waals surface area (Å²) in [4.78, 5) is 14.8. The second-order valence-corrected chi connectivity index (χ2v) is 4.04. The molecule has 4 nitrogen and oxygen atoms in total. The van der Waals surface area contributed by atoms with Crippen LogP contribution in [0.25, 0.3) is 0 Å². The maximum Gasteiger partial charge on any atom is 0.339 e. The van der Waals surface area contributed by atoms with Gasteiger partial charge in [0.2, 0.25) is 0 Å². The highest BCUT2D eigenvalue weighted by molar-refractivity contribution is 5.90. The Balaban J connectivity index is 2.19. The number of aryl methyl sites for hydroxylation is 1. The Hall–Kier alpha value is -2.43. The molecule has 0 atom stereocenters. The van der Waals surface area contributed by atoms with Crippen molar-refractivity contribution in [3.8, 4) is 5.75 Å². The number of carboxylic acid groups (broad SMARTS) is 1. The van der Waals surface area contributed by atoms with Crippen molar-refractivity contribution in [1.29, 1.82) is 0 Å². The number of aromatic nitrogens is 1. The van der Waals surface area contributed by atoms with Crippen molar-refractivity contribution in [3.05, 3.63) is 59.2 Å². The van der Waals surface area contributed by atoms with Gasteiger partial charge in [0.15, 0.2) is 5.75 Å². The van der Waals surface area contributed by atoms with E-state index in [0.717, 1.165) is 5.56 Å². The molecule has 0 aliphatic carbocycles. The van der Waals surface area contributed by atoms with Crippen LogP contribution in [-0.4, -0.2) is 16.1 Å². The molecule has 19 heavy (non-hydrogen) atoms. The van der Waals surface area contributed by atoms with E-state index in [0.29, 0.717) is 5.56 Å². The minimum Gasteiger partial charge on any atom is -0.486 e. The van der Waals surface area contributed by atoms with Crippen molar-refractivity contribution >= 4 is 5.97 Å². The fourth-order valence-electron chi connectivity index (χ4n) is 1.62. The quantitative estimate of drug-likeness (QED) is 0.919. The summed E-state index contributed by atoms with van der Waals surface area (Å²) in [5, 5.41) is 8.99. The molecule has 0 radical (unpaired) electrons. The van der Waals surface area contributed by atoms with Crippen LogP contribution in [0.15, 0.2) is 36.7 Å². The first kappa shape index (κ1) is 13.0. The molecule has 0 fully saturated rings. The summed E-state index contributed by atoms with van der Waals surface area (Å²) < 4.78 is 18.5. The summed E-state index contributed by atoms with van der Waals surface area (Å²) in [5.74, 6) is -1.28. The normalized spacial score (nSPS) is 10.2. The predicted molar refractivity (Wildman–Crippen MR) is 66.7 cm³/mol. The third-order valence-electron chi connectivity index (χ3n) is 2.71. The molecule has 0 saturated carbocycles. The minimum atomic E-state index is -1.09. The van der Waals surface area contributed by atoms with E-state index >= 15 is 0 Å². The predicted octanol–water partition coefficient (Wildman–Crippen LogP) is 2.81. The molecule has 1 aromatic heterocycles. The summed E-state index contributed by atoms with van der Waals surface area (Å²) in [6, 6.07) is 5.74. The fraction of sp³-hybridized carbons (Fsp3) is 0.143. The highest BCUT2D eigenvalue weighted by Gasteiger charge is 2.11. The number of pyridine rings is 1. The molecule has 1 aromatic carbocycles. The summed E-state index contributed by atoms with van der Waals surface area (Å²) in [5.41, 5.74) is 1.58. The molecule has 1 N–H and O–H groups in total. The van der Waals surface area contributed by atoms with Crippen LogP contribution in [0.3, 0.4) is 0 Å². The Kier molecular flexibility index (Phi) is 3.75. The van der Waals surface area contributed by atoms with Crippen LogP contribution in [0.2, 0.25) is 0 Å². The highest BCUT2D eigenvalue weighted by Crippen LogP contribution is 2.19. The molecule has 0 saturated heterocycles. The zero-order valence-corrected chi connectivity index (χ0v) is 10.3. The zero-order chi connectivity index (χ0) is 13.8. The van der Waals surface area contributed by atoms with E-state index in [1.165, 1.54) is 30.6 Å². The van der Waals surface area contributed by atoms with Gasteiger partial charge in [-0.15, -0.1) is 0 Å². The standard InChI is InChI=1S/C14H12FNO3/c1-9-2-3-11(15)6-10(9)8-19-13-7-16-5-4-12(13)14(17)18/h2-7H,8H2,1H3,(H,17,18). The number of carboxylic acids is 1. The number of aromatic carboxylic acids is 1. The first-order valence-corrected chi connectivity index (χ1v) is 5.63. The molecular weight excluding hydrogens is 249 g/mol. The largest absolute Gasteiger partial charge is 0.486 e. The average molecular weight is 261 g/mol. The van der Waals surface area contributed by atoms with Crippen molar-refractivity contribution in [2.45, 2.75) is 13.5 Å². The summed E-state index contributed by atoms with van der Waals surface area (Å²) in [6.07, 6.45) is 2.71. The molecule has 0 aliphatic heterocycles. The smallest absolute Gasteiger partial charge is 0.339 e. The lowest BCUT2D eigenvalue weighted by atomic mass is 10.1. The lowest BCUT2D eigenvalue weighted by Crippen LogP contribution is -2.05. The van der Waals surface area contributed by atoms with Crippen molar-refractivity contribution in [2.24, 2.45) is 0 Å². The molecule has 0 unspecified atom stereocenters. The molecule has 0 bridgehead atoms. The van der Waals surface area contributed by atoms with Crippen LogP contribution >= 0.6 is 0 Å². The lowest BCUT2D eigenvalue weighted by Gasteiger charge is -2.10. The van der Waals surface area contributed by atoms with Crippen LogP contribution in [0.4, 0.5) is 4.39 Å². The molecule has 5 heteroatoms. The Morgan fingerprint density at radius 3 is 2.95 bits per heavy atom. The monoisotopic (exact) mass is 261 g/mol. The van der Waals surface area contributed by atoms with Gasteiger partial charge in [0, 0.05) is 6.20 Å². The van der Waals surface area contributed by atoms with Crippen molar-refractivity contribution in [2.75, 3.05) is 0 Å². The summed E-state index contributed by atoms with van der Waals surface area (Å²) >= 11 is 0. The van der Waals surface area contributed by atoms with Crippen LogP contribution in [0.5, 0.6) is 5.75 Å². The van der Waals surface area contributed by atoms with Crippen molar-refractivity contribution in [1.82, 2.24) is 4.98 Å². The molecule has 98 valence electrons. The number of nitrogens with zero attached hydrogens (tertiary/aromatic N) is 1. The van der Waals surface area contributed by atoms with Gasteiger partial charge in [-0.2, -0.15) is 0 Å². The van der Waals surface area contributed by atoms with Crippen LogP contribution in [0.1, 0.15) is 21.5 Å². The van der Waals surface area contributed by atoms with Gasteiger partial charge < -0.3 is 9.84 Å². The molecule has 0 aliphatic rings. The van der Waals surface area contributed by atoms with Gasteiger partial charge in [-0.25, -0.2) is 9.18 Å². The first-order chi connectivity index (χ1) is 9.08. The first-order valence-electron chi connectivity index (χ1n) is 5.63. The number of carbonyl (C=O) groups is 1. The fourth-order valence-corrected chi connectivity index (χ4v) is 1.62. The van der Waals surface area contributed by atoms with Gasteiger partial charge in [-0.1, -0.05) is 6.07 Å².